The predicted octanol–water partition coefficient (Wildman–Crippen LogP) is 2.84. The standard InChI is InChI=1S/C27H27N5O6/c1-18-22(17-28-31(18)20-7-3-2-4-8-20)25(33)23-24(19-6-5-9-21(16-19)32(36)37)30(27(35)26(23)34)11-10-29-12-14-38-15-13-29/h2-9,16-17,24,33H,10-15H2,1H3/b25-23+/t24-/m0/s1. The van der Waals surface area contributed by atoms with Gasteiger partial charge in [-0.3, -0.25) is 24.6 Å². The highest BCUT2D eigenvalue weighted by molar-refractivity contribution is 6.46. The van der Waals surface area contributed by atoms with Gasteiger partial charge in [-0.25, -0.2) is 4.68 Å². The van der Waals surface area contributed by atoms with Crippen molar-refractivity contribution >= 4 is 23.1 Å². The molecule has 0 unspecified atom stereocenters. The number of aliphatic hydroxyl groups excluding tert-OH is 1. The number of rotatable bonds is 7. The molecule has 2 aliphatic heterocycles. The van der Waals surface area contributed by atoms with Crippen LogP contribution in [-0.4, -0.2) is 80.7 Å². The maximum absolute atomic E-state index is 13.4. The summed E-state index contributed by atoms with van der Waals surface area (Å²) in [7, 11) is 0. The van der Waals surface area contributed by atoms with Crippen molar-refractivity contribution in [1.82, 2.24) is 19.6 Å². The molecule has 11 heteroatoms. The average Bonchev–Trinajstić information content (AvgIpc) is 3.45. The van der Waals surface area contributed by atoms with Crippen molar-refractivity contribution in [2.75, 3.05) is 39.4 Å². The minimum absolute atomic E-state index is 0.117. The molecule has 2 aliphatic rings. The summed E-state index contributed by atoms with van der Waals surface area (Å²) < 4.78 is 7.02. The summed E-state index contributed by atoms with van der Waals surface area (Å²) in [5.41, 5.74) is 1.73. The van der Waals surface area contributed by atoms with Crippen LogP contribution in [0.3, 0.4) is 0 Å². The number of para-hydroxylation sites is 1. The van der Waals surface area contributed by atoms with E-state index in [-0.39, 0.29) is 23.6 Å². The molecule has 0 aliphatic carbocycles. The van der Waals surface area contributed by atoms with E-state index in [1.165, 1.54) is 29.3 Å². The monoisotopic (exact) mass is 517 g/mol. The second-order valence-electron chi connectivity index (χ2n) is 9.19. The smallest absolute Gasteiger partial charge is 0.295 e. The highest BCUT2D eigenvalue weighted by atomic mass is 16.6. The van der Waals surface area contributed by atoms with Gasteiger partial charge in [-0.15, -0.1) is 0 Å². The van der Waals surface area contributed by atoms with Crippen LogP contribution in [0.2, 0.25) is 0 Å². The number of non-ortho nitro benzene ring substituents is 1. The quantitative estimate of drug-likeness (QED) is 0.166. The van der Waals surface area contributed by atoms with Gasteiger partial charge >= 0.3 is 0 Å². The number of carbonyl (C=O) groups is 2. The number of amides is 1. The molecule has 1 amide bonds. The number of ketones is 1. The summed E-state index contributed by atoms with van der Waals surface area (Å²) in [5.74, 6) is -1.97. The van der Waals surface area contributed by atoms with Gasteiger partial charge in [0.25, 0.3) is 17.4 Å². The van der Waals surface area contributed by atoms with Crippen molar-refractivity contribution in [2.45, 2.75) is 13.0 Å². The number of Topliss-reactive ketones (excluding diaryl/α,β-unsaturated/α-hetero) is 1. The minimum atomic E-state index is -0.990. The molecule has 0 spiro atoms. The molecule has 1 atom stereocenters. The first-order chi connectivity index (χ1) is 18.4. The van der Waals surface area contributed by atoms with Crippen LogP contribution < -0.4 is 0 Å². The molecule has 2 fully saturated rings. The zero-order chi connectivity index (χ0) is 26.8. The largest absolute Gasteiger partial charge is 0.507 e. The third-order valence-corrected chi connectivity index (χ3v) is 6.96. The van der Waals surface area contributed by atoms with E-state index in [0.717, 1.165) is 5.69 Å². The van der Waals surface area contributed by atoms with Crippen LogP contribution in [0.4, 0.5) is 5.69 Å². The molecular formula is C27H27N5O6. The fraction of sp³-hybridized carbons (Fsp3) is 0.296. The maximum Gasteiger partial charge on any atom is 0.295 e. The highest BCUT2D eigenvalue weighted by Crippen LogP contribution is 2.40. The summed E-state index contributed by atoms with van der Waals surface area (Å²) in [4.78, 5) is 41.1. The normalized spacial score (nSPS) is 19.7. The number of likely N-dealkylation sites (tertiary alicyclic amines) is 1. The van der Waals surface area contributed by atoms with Gasteiger partial charge in [0.15, 0.2) is 0 Å². The van der Waals surface area contributed by atoms with Gasteiger partial charge in [-0.05, 0) is 24.6 Å². The number of nitro groups is 1. The number of ether oxygens (including phenoxy) is 1. The third kappa shape index (κ3) is 4.69. The Bertz CT molecular complexity index is 1410. The second-order valence-corrected chi connectivity index (χ2v) is 9.19. The first-order valence-corrected chi connectivity index (χ1v) is 12.3. The lowest BCUT2D eigenvalue weighted by Gasteiger charge is -2.30. The molecule has 3 aromatic rings. The zero-order valence-electron chi connectivity index (χ0n) is 20.8. The van der Waals surface area contributed by atoms with E-state index < -0.39 is 22.7 Å². The Labute approximate surface area is 218 Å². The van der Waals surface area contributed by atoms with Gasteiger partial charge in [0.2, 0.25) is 0 Å². The number of aliphatic hydroxyl groups is 1. The molecule has 2 aromatic carbocycles. The number of morpholine rings is 1. The van der Waals surface area contributed by atoms with Crippen molar-refractivity contribution in [1.29, 1.82) is 0 Å². The lowest BCUT2D eigenvalue weighted by molar-refractivity contribution is -0.384. The highest BCUT2D eigenvalue weighted by Gasteiger charge is 2.46. The molecule has 2 saturated heterocycles. The summed E-state index contributed by atoms with van der Waals surface area (Å²) in [6, 6.07) is 14.1. The number of hydrogen-bond acceptors (Lipinski definition) is 8. The average molecular weight is 518 g/mol. The number of nitrogens with zero attached hydrogens (tertiary/aromatic N) is 5. The molecule has 196 valence electrons. The third-order valence-electron chi connectivity index (χ3n) is 6.96. The van der Waals surface area contributed by atoms with Gasteiger partial charge in [-0.1, -0.05) is 30.3 Å². The summed E-state index contributed by atoms with van der Waals surface area (Å²) in [6.45, 7) is 5.01. The molecule has 1 N–H and O–H groups in total. The van der Waals surface area contributed by atoms with Crippen LogP contribution in [0, 0.1) is 17.0 Å². The number of benzene rings is 2. The van der Waals surface area contributed by atoms with Crippen LogP contribution in [0.15, 0.2) is 66.4 Å². The summed E-state index contributed by atoms with van der Waals surface area (Å²) in [6.07, 6.45) is 1.45. The summed E-state index contributed by atoms with van der Waals surface area (Å²) >= 11 is 0. The van der Waals surface area contributed by atoms with Crippen molar-refractivity contribution in [3.63, 3.8) is 0 Å². The van der Waals surface area contributed by atoms with Crippen molar-refractivity contribution in [3.05, 3.63) is 93.3 Å². The van der Waals surface area contributed by atoms with E-state index >= 15 is 0 Å². The van der Waals surface area contributed by atoms with E-state index in [1.54, 1.807) is 17.7 Å². The van der Waals surface area contributed by atoms with Crippen LogP contribution in [0.25, 0.3) is 11.4 Å². The zero-order valence-corrected chi connectivity index (χ0v) is 20.8. The first-order valence-electron chi connectivity index (χ1n) is 12.3. The Morgan fingerprint density at radius 2 is 1.84 bits per heavy atom. The van der Waals surface area contributed by atoms with E-state index in [1.807, 2.05) is 30.3 Å². The van der Waals surface area contributed by atoms with Crippen LogP contribution >= 0.6 is 0 Å². The van der Waals surface area contributed by atoms with Crippen LogP contribution in [0.5, 0.6) is 0 Å². The number of aromatic nitrogens is 2. The van der Waals surface area contributed by atoms with E-state index in [9.17, 15) is 24.8 Å². The first kappa shape index (κ1) is 25.3. The minimum Gasteiger partial charge on any atom is -0.507 e. The molecule has 1 aromatic heterocycles. The molecule has 3 heterocycles. The molecule has 38 heavy (non-hydrogen) atoms. The van der Waals surface area contributed by atoms with Crippen LogP contribution in [-0.2, 0) is 14.3 Å². The molecule has 0 saturated carbocycles. The second kappa shape index (κ2) is 10.6. The van der Waals surface area contributed by atoms with Gasteiger partial charge < -0.3 is 14.7 Å². The van der Waals surface area contributed by atoms with Gasteiger partial charge in [0.05, 0.1) is 52.9 Å². The maximum atomic E-state index is 13.4. The Kier molecular flexibility index (Phi) is 7.03. The van der Waals surface area contributed by atoms with E-state index in [4.69, 9.17) is 4.74 Å². The van der Waals surface area contributed by atoms with Crippen molar-refractivity contribution in [3.8, 4) is 5.69 Å². The van der Waals surface area contributed by atoms with E-state index in [2.05, 4.69) is 10.00 Å². The summed E-state index contributed by atoms with van der Waals surface area (Å²) in [5, 5.41) is 27.3. The SMILES string of the molecule is Cc1c(/C(O)=C2\C(=O)C(=O)N(CCN3CCOCC3)[C@H]2c2cccc([N+](=O)[O-])c2)cnn1-c1ccccc1. The lowest BCUT2D eigenvalue weighted by atomic mass is 9.95. The molecule has 11 nitrogen and oxygen atoms in total. The Morgan fingerprint density at radius 3 is 2.55 bits per heavy atom. The van der Waals surface area contributed by atoms with Gasteiger partial charge in [0.1, 0.15) is 5.76 Å². The number of hydrogen-bond donors (Lipinski definition) is 1. The molecule has 0 radical (unpaired) electrons. The Balaban J connectivity index is 1.58. The fourth-order valence-electron chi connectivity index (χ4n) is 4.96. The molecular weight excluding hydrogens is 490 g/mol. The van der Waals surface area contributed by atoms with Crippen LogP contribution in [0.1, 0.15) is 22.9 Å². The van der Waals surface area contributed by atoms with Crippen molar-refractivity contribution in [2.24, 2.45) is 0 Å². The number of nitro benzene ring substituents is 1. The Hall–Kier alpha value is -4.35. The van der Waals surface area contributed by atoms with Gasteiger partial charge in [-0.2, -0.15) is 5.10 Å². The van der Waals surface area contributed by atoms with E-state index in [0.29, 0.717) is 49.7 Å². The predicted molar refractivity (Wildman–Crippen MR) is 138 cm³/mol. The Morgan fingerprint density at radius 1 is 1.11 bits per heavy atom. The van der Waals surface area contributed by atoms with Gasteiger partial charge in [0, 0.05) is 38.3 Å². The molecule has 0 bridgehead atoms. The number of carbonyl (C=O) groups excluding carboxylic acids is 2. The fourth-order valence-corrected chi connectivity index (χ4v) is 4.96. The van der Waals surface area contributed by atoms with Crippen molar-refractivity contribution < 1.29 is 24.4 Å². The molecule has 5 rings (SSSR count). The lowest BCUT2D eigenvalue weighted by Crippen LogP contribution is -2.42. The topological polar surface area (TPSA) is 131 Å².